The minimum Gasteiger partial charge on any atom is -0.388 e. The summed E-state index contributed by atoms with van der Waals surface area (Å²) in [5, 5.41) is 3.15. The molecule has 1 heteroatoms. The van der Waals surface area contributed by atoms with E-state index in [9.17, 15) is 0 Å². The van der Waals surface area contributed by atoms with E-state index in [0.29, 0.717) is 0 Å². The van der Waals surface area contributed by atoms with Gasteiger partial charge in [0.2, 0.25) is 0 Å². The highest BCUT2D eigenvalue weighted by atomic mass is 14.8. The van der Waals surface area contributed by atoms with E-state index in [4.69, 9.17) is 0 Å². The average molecular weight is 223 g/mol. The number of nitrogens with one attached hydrogen (secondary N) is 1. The van der Waals surface area contributed by atoms with E-state index in [1.165, 1.54) is 30.4 Å². The lowest BCUT2D eigenvalue weighted by Crippen LogP contribution is -1.88. The first-order chi connectivity index (χ1) is 8.36. The van der Waals surface area contributed by atoms with Crippen LogP contribution in [0.1, 0.15) is 17.5 Å². The Morgan fingerprint density at radius 1 is 0.824 bits per heavy atom. The van der Waals surface area contributed by atoms with Gasteiger partial charge in [0.25, 0.3) is 0 Å². The maximum absolute atomic E-state index is 3.15. The first-order valence-electron chi connectivity index (χ1n) is 6.27. The molecule has 0 heterocycles. The van der Waals surface area contributed by atoms with Gasteiger partial charge in [-0.25, -0.2) is 0 Å². The van der Waals surface area contributed by atoms with Gasteiger partial charge in [-0.2, -0.15) is 0 Å². The lowest BCUT2D eigenvalue weighted by Gasteiger charge is -2.06. The van der Waals surface area contributed by atoms with Crippen LogP contribution in [0.25, 0.3) is 11.1 Å². The number of fused-ring (bicyclic) bond motifs is 1. The van der Waals surface area contributed by atoms with Crippen LogP contribution in [0.15, 0.2) is 42.5 Å². The van der Waals surface area contributed by atoms with Crippen molar-refractivity contribution in [1.82, 2.24) is 0 Å². The highest BCUT2D eigenvalue weighted by molar-refractivity contribution is 5.67. The Bertz CT molecular complexity index is 526. The fraction of sp³-hybridized carbons (Fsp3) is 0.250. The highest BCUT2D eigenvalue weighted by Gasteiger charge is 2.11. The largest absolute Gasteiger partial charge is 0.388 e. The molecule has 3 rings (SSSR count). The molecule has 2 aromatic carbocycles. The minimum atomic E-state index is 1.16. The topological polar surface area (TPSA) is 12.0 Å². The first kappa shape index (κ1) is 10.4. The third kappa shape index (κ3) is 1.93. The van der Waals surface area contributed by atoms with Gasteiger partial charge in [0, 0.05) is 12.7 Å². The predicted molar refractivity (Wildman–Crippen MR) is 73.4 cm³/mol. The molecule has 0 spiro atoms. The summed E-state index contributed by atoms with van der Waals surface area (Å²) in [6, 6.07) is 15.5. The molecule has 1 N–H and O–H groups in total. The summed E-state index contributed by atoms with van der Waals surface area (Å²) in [7, 11) is 1.95. The van der Waals surface area contributed by atoms with Crippen LogP contribution < -0.4 is 5.32 Å². The Labute approximate surface area is 102 Å². The van der Waals surface area contributed by atoms with Crippen LogP contribution in [0.5, 0.6) is 0 Å². The van der Waals surface area contributed by atoms with Gasteiger partial charge in [0.1, 0.15) is 0 Å². The maximum Gasteiger partial charge on any atom is 0.0337 e. The van der Waals surface area contributed by atoms with Gasteiger partial charge in [-0.3, -0.25) is 0 Å². The molecule has 17 heavy (non-hydrogen) atoms. The Balaban J connectivity index is 1.97. The molecule has 2 aromatic rings. The quantitative estimate of drug-likeness (QED) is 0.814. The summed E-state index contributed by atoms with van der Waals surface area (Å²) in [6.45, 7) is 0. The molecule has 0 unspecified atom stereocenters. The Morgan fingerprint density at radius 2 is 1.53 bits per heavy atom. The molecular weight excluding hydrogens is 206 g/mol. The Hall–Kier alpha value is -1.76. The summed E-state index contributed by atoms with van der Waals surface area (Å²) < 4.78 is 0. The van der Waals surface area contributed by atoms with Crippen LogP contribution in [-0.2, 0) is 12.8 Å². The fourth-order valence-electron chi connectivity index (χ4n) is 2.58. The normalized spacial score (nSPS) is 13.5. The van der Waals surface area contributed by atoms with Crippen LogP contribution in [0.3, 0.4) is 0 Å². The van der Waals surface area contributed by atoms with E-state index in [2.05, 4.69) is 47.8 Å². The van der Waals surface area contributed by atoms with Crippen LogP contribution in [0.4, 0.5) is 5.69 Å². The second kappa shape index (κ2) is 4.25. The van der Waals surface area contributed by atoms with Crippen molar-refractivity contribution in [1.29, 1.82) is 0 Å². The monoisotopic (exact) mass is 223 g/mol. The van der Waals surface area contributed by atoms with Gasteiger partial charge in [-0.05, 0) is 53.6 Å². The van der Waals surface area contributed by atoms with Crippen molar-refractivity contribution in [3.05, 3.63) is 53.6 Å². The first-order valence-corrected chi connectivity index (χ1v) is 6.27. The molecule has 0 aromatic heterocycles. The van der Waals surface area contributed by atoms with Crippen molar-refractivity contribution < 1.29 is 0 Å². The number of benzene rings is 2. The molecule has 0 bridgehead atoms. The zero-order chi connectivity index (χ0) is 11.7. The standard InChI is InChI=1S/C16H17N/c1-17-16-9-7-13(8-10-16)15-6-5-12-3-2-4-14(12)11-15/h5-11,17H,2-4H2,1H3. The van der Waals surface area contributed by atoms with Crippen molar-refractivity contribution >= 4 is 5.69 Å². The Kier molecular flexibility index (Phi) is 2.60. The number of hydrogen-bond donors (Lipinski definition) is 1. The van der Waals surface area contributed by atoms with Gasteiger partial charge in [0.15, 0.2) is 0 Å². The van der Waals surface area contributed by atoms with Crippen LogP contribution in [0.2, 0.25) is 0 Å². The van der Waals surface area contributed by atoms with Crippen LogP contribution in [-0.4, -0.2) is 7.05 Å². The molecule has 86 valence electrons. The van der Waals surface area contributed by atoms with E-state index in [0.717, 1.165) is 5.69 Å². The molecule has 0 radical (unpaired) electrons. The minimum absolute atomic E-state index is 1.16. The SMILES string of the molecule is CNc1ccc(-c2ccc3c(c2)CCC3)cc1. The van der Waals surface area contributed by atoms with Gasteiger partial charge in [-0.15, -0.1) is 0 Å². The van der Waals surface area contributed by atoms with Crippen molar-refractivity contribution in [3.63, 3.8) is 0 Å². The second-order valence-corrected chi connectivity index (χ2v) is 4.66. The highest BCUT2D eigenvalue weighted by Crippen LogP contribution is 2.28. The second-order valence-electron chi connectivity index (χ2n) is 4.66. The predicted octanol–water partition coefficient (Wildman–Crippen LogP) is 3.88. The maximum atomic E-state index is 3.15. The van der Waals surface area contributed by atoms with Crippen molar-refractivity contribution in [2.75, 3.05) is 12.4 Å². The lowest BCUT2D eigenvalue weighted by atomic mass is 10.0. The molecule has 1 aliphatic carbocycles. The zero-order valence-corrected chi connectivity index (χ0v) is 10.2. The van der Waals surface area contributed by atoms with Gasteiger partial charge >= 0.3 is 0 Å². The van der Waals surface area contributed by atoms with Crippen LogP contribution in [0, 0.1) is 0 Å². The third-order valence-electron chi connectivity index (χ3n) is 3.61. The molecule has 0 saturated carbocycles. The molecular formula is C16H17N. The number of rotatable bonds is 2. The molecule has 1 nitrogen and oxygen atoms in total. The van der Waals surface area contributed by atoms with E-state index in [1.807, 2.05) is 7.05 Å². The van der Waals surface area contributed by atoms with Gasteiger partial charge < -0.3 is 5.32 Å². The lowest BCUT2D eigenvalue weighted by molar-refractivity contribution is 0.912. The number of hydrogen-bond acceptors (Lipinski definition) is 1. The van der Waals surface area contributed by atoms with Crippen molar-refractivity contribution in [3.8, 4) is 11.1 Å². The molecule has 0 aliphatic heterocycles. The molecule has 1 aliphatic rings. The molecule has 0 fully saturated rings. The third-order valence-corrected chi connectivity index (χ3v) is 3.61. The van der Waals surface area contributed by atoms with E-state index in [-0.39, 0.29) is 0 Å². The summed E-state index contributed by atoms with van der Waals surface area (Å²) >= 11 is 0. The average Bonchev–Trinajstić information content (AvgIpc) is 2.86. The Morgan fingerprint density at radius 3 is 2.29 bits per heavy atom. The molecule has 0 saturated heterocycles. The summed E-state index contributed by atoms with van der Waals surface area (Å²) in [5.74, 6) is 0. The smallest absolute Gasteiger partial charge is 0.0337 e. The van der Waals surface area contributed by atoms with Crippen molar-refractivity contribution in [2.24, 2.45) is 0 Å². The van der Waals surface area contributed by atoms with E-state index in [1.54, 1.807) is 11.1 Å². The van der Waals surface area contributed by atoms with Gasteiger partial charge in [-0.1, -0.05) is 30.3 Å². The zero-order valence-electron chi connectivity index (χ0n) is 10.2. The summed E-state index contributed by atoms with van der Waals surface area (Å²) in [6.07, 6.45) is 3.82. The number of aryl methyl sites for hydroxylation is 2. The van der Waals surface area contributed by atoms with Crippen molar-refractivity contribution in [2.45, 2.75) is 19.3 Å². The summed E-state index contributed by atoms with van der Waals surface area (Å²) in [4.78, 5) is 0. The number of anilines is 1. The molecule has 0 amide bonds. The van der Waals surface area contributed by atoms with E-state index < -0.39 is 0 Å². The van der Waals surface area contributed by atoms with E-state index >= 15 is 0 Å². The molecule has 0 atom stereocenters. The van der Waals surface area contributed by atoms with Crippen LogP contribution >= 0.6 is 0 Å². The fourth-order valence-corrected chi connectivity index (χ4v) is 2.58. The summed E-state index contributed by atoms with van der Waals surface area (Å²) in [5.41, 5.74) is 6.89. The van der Waals surface area contributed by atoms with Gasteiger partial charge in [0.05, 0.1) is 0 Å².